The fourth-order valence-electron chi connectivity index (χ4n) is 2.36. The van der Waals surface area contributed by atoms with Crippen molar-refractivity contribution >= 4 is 0 Å². The standard InChI is InChI=1S/C14H22N2O/c1-2-12-3-5-13(6-4-12)14(11-15)16-7-9-17-10-8-16/h3-6,14H,2,7-11,15H2,1H3/t14-/m0/s1. The van der Waals surface area contributed by atoms with Gasteiger partial charge in [0.25, 0.3) is 0 Å². The molecule has 1 aromatic rings. The van der Waals surface area contributed by atoms with Gasteiger partial charge >= 0.3 is 0 Å². The third-order valence-electron chi connectivity index (χ3n) is 3.48. The number of ether oxygens (including phenoxy) is 1. The van der Waals surface area contributed by atoms with Crippen molar-refractivity contribution in [1.82, 2.24) is 4.90 Å². The number of morpholine rings is 1. The van der Waals surface area contributed by atoms with Crippen LogP contribution in [0.3, 0.4) is 0 Å². The maximum Gasteiger partial charge on any atom is 0.0594 e. The Morgan fingerprint density at radius 2 is 1.88 bits per heavy atom. The van der Waals surface area contributed by atoms with Gasteiger partial charge in [0.2, 0.25) is 0 Å². The van der Waals surface area contributed by atoms with E-state index in [1.807, 2.05) is 0 Å². The van der Waals surface area contributed by atoms with Crippen molar-refractivity contribution in [3.8, 4) is 0 Å². The van der Waals surface area contributed by atoms with Crippen molar-refractivity contribution < 1.29 is 4.74 Å². The molecule has 3 heteroatoms. The van der Waals surface area contributed by atoms with Gasteiger partial charge in [-0.15, -0.1) is 0 Å². The van der Waals surface area contributed by atoms with E-state index in [9.17, 15) is 0 Å². The number of hydrogen-bond donors (Lipinski definition) is 1. The number of benzene rings is 1. The highest BCUT2D eigenvalue weighted by atomic mass is 16.5. The summed E-state index contributed by atoms with van der Waals surface area (Å²) in [6.07, 6.45) is 1.09. The Kier molecular flexibility index (Phi) is 4.54. The van der Waals surface area contributed by atoms with Crippen LogP contribution in [0.2, 0.25) is 0 Å². The van der Waals surface area contributed by atoms with Gasteiger partial charge in [-0.05, 0) is 17.5 Å². The Bertz CT molecular complexity index is 331. The van der Waals surface area contributed by atoms with E-state index < -0.39 is 0 Å². The Hall–Kier alpha value is -0.900. The quantitative estimate of drug-likeness (QED) is 0.859. The third-order valence-corrected chi connectivity index (χ3v) is 3.48. The topological polar surface area (TPSA) is 38.5 Å². The van der Waals surface area contributed by atoms with Crippen LogP contribution in [-0.2, 0) is 11.2 Å². The van der Waals surface area contributed by atoms with Crippen molar-refractivity contribution in [2.45, 2.75) is 19.4 Å². The van der Waals surface area contributed by atoms with Crippen LogP contribution in [0.1, 0.15) is 24.1 Å². The Balaban J connectivity index is 2.10. The second kappa shape index (κ2) is 6.15. The molecule has 0 aromatic heterocycles. The SMILES string of the molecule is CCc1ccc([C@H](CN)N2CCOCC2)cc1. The zero-order valence-corrected chi connectivity index (χ0v) is 10.6. The van der Waals surface area contributed by atoms with Gasteiger partial charge in [-0.25, -0.2) is 0 Å². The number of nitrogens with two attached hydrogens (primary N) is 1. The molecule has 2 N–H and O–H groups in total. The highest BCUT2D eigenvalue weighted by Gasteiger charge is 2.20. The largest absolute Gasteiger partial charge is 0.379 e. The van der Waals surface area contributed by atoms with E-state index >= 15 is 0 Å². The molecule has 0 radical (unpaired) electrons. The molecule has 17 heavy (non-hydrogen) atoms. The summed E-state index contributed by atoms with van der Waals surface area (Å²) in [6.45, 7) is 6.46. The average molecular weight is 234 g/mol. The molecular formula is C14H22N2O. The van der Waals surface area contributed by atoms with Gasteiger partial charge in [0.05, 0.1) is 13.2 Å². The minimum atomic E-state index is 0.338. The molecule has 1 aliphatic heterocycles. The lowest BCUT2D eigenvalue weighted by Crippen LogP contribution is -2.41. The molecule has 0 unspecified atom stereocenters. The number of nitrogens with zero attached hydrogens (tertiary/aromatic N) is 1. The van der Waals surface area contributed by atoms with E-state index in [0.717, 1.165) is 32.7 Å². The molecule has 1 saturated heterocycles. The van der Waals surface area contributed by atoms with Crippen LogP contribution in [0.25, 0.3) is 0 Å². The molecule has 1 heterocycles. The molecule has 94 valence electrons. The summed E-state index contributed by atoms with van der Waals surface area (Å²) in [5, 5.41) is 0. The molecule has 0 aliphatic carbocycles. The van der Waals surface area contributed by atoms with Crippen LogP contribution in [0, 0.1) is 0 Å². The second-order valence-electron chi connectivity index (χ2n) is 4.49. The molecule has 0 bridgehead atoms. The lowest BCUT2D eigenvalue weighted by Gasteiger charge is -2.34. The fourth-order valence-corrected chi connectivity index (χ4v) is 2.36. The molecule has 0 saturated carbocycles. The number of hydrogen-bond acceptors (Lipinski definition) is 3. The first-order chi connectivity index (χ1) is 8.35. The Morgan fingerprint density at radius 3 is 2.41 bits per heavy atom. The zero-order chi connectivity index (χ0) is 12.1. The minimum absolute atomic E-state index is 0.338. The van der Waals surface area contributed by atoms with E-state index in [4.69, 9.17) is 10.5 Å². The third kappa shape index (κ3) is 3.06. The summed E-state index contributed by atoms with van der Waals surface area (Å²) >= 11 is 0. The maximum absolute atomic E-state index is 5.92. The summed E-state index contributed by atoms with van der Waals surface area (Å²) in [7, 11) is 0. The average Bonchev–Trinajstić information content (AvgIpc) is 2.42. The predicted octanol–water partition coefficient (Wildman–Crippen LogP) is 1.58. The Morgan fingerprint density at radius 1 is 1.24 bits per heavy atom. The van der Waals surface area contributed by atoms with Crippen LogP contribution in [-0.4, -0.2) is 37.7 Å². The summed E-state index contributed by atoms with van der Waals surface area (Å²) in [6, 6.07) is 9.18. The van der Waals surface area contributed by atoms with Crippen LogP contribution in [0.15, 0.2) is 24.3 Å². The summed E-state index contributed by atoms with van der Waals surface area (Å²) in [4.78, 5) is 2.42. The summed E-state index contributed by atoms with van der Waals surface area (Å²) in [5.74, 6) is 0. The highest BCUT2D eigenvalue weighted by molar-refractivity contribution is 5.25. The van der Waals surface area contributed by atoms with Gasteiger partial charge in [-0.1, -0.05) is 31.2 Å². The molecule has 1 aliphatic rings. The molecule has 2 rings (SSSR count). The molecule has 0 spiro atoms. The monoisotopic (exact) mass is 234 g/mol. The normalized spacial score (nSPS) is 19.2. The van der Waals surface area contributed by atoms with Crippen LogP contribution < -0.4 is 5.73 Å². The van der Waals surface area contributed by atoms with E-state index in [0.29, 0.717) is 12.6 Å². The van der Waals surface area contributed by atoms with Crippen LogP contribution in [0.4, 0.5) is 0 Å². The summed E-state index contributed by atoms with van der Waals surface area (Å²) in [5.41, 5.74) is 8.63. The van der Waals surface area contributed by atoms with E-state index in [-0.39, 0.29) is 0 Å². The van der Waals surface area contributed by atoms with Crippen molar-refractivity contribution in [1.29, 1.82) is 0 Å². The van der Waals surface area contributed by atoms with E-state index in [1.54, 1.807) is 0 Å². The number of aryl methyl sites for hydroxylation is 1. The van der Waals surface area contributed by atoms with Crippen LogP contribution in [0.5, 0.6) is 0 Å². The van der Waals surface area contributed by atoms with Gasteiger partial charge < -0.3 is 10.5 Å². The van der Waals surface area contributed by atoms with Gasteiger partial charge in [0.1, 0.15) is 0 Å². The summed E-state index contributed by atoms with van der Waals surface area (Å²) < 4.78 is 5.38. The fraction of sp³-hybridized carbons (Fsp3) is 0.571. The van der Waals surface area contributed by atoms with Crippen molar-refractivity contribution in [2.24, 2.45) is 5.73 Å². The van der Waals surface area contributed by atoms with Crippen molar-refractivity contribution in [2.75, 3.05) is 32.8 Å². The van der Waals surface area contributed by atoms with E-state index in [1.165, 1.54) is 11.1 Å². The zero-order valence-electron chi connectivity index (χ0n) is 10.6. The predicted molar refractivity (Wildman–Crippen MR) is 70.0 cm³/mol. The van der Waals surface area contributed by atoms with Gasteiger partial charge in [-0.3, -0.25) is 4.90 Å². The molecule has 1 fully saturated rings. The lowest BCUT2D eigenvalue weighted by atomic mass is 10.0. The Labute approximate surface area is 104 Å². The number of rotatable bonds is 4. The smallest absolute Gasteiger partial charge is 0.0594 e. The first-order valence-corrected chi connectivity index (χ1v) is 6.46. The maximum atomic E-state index is 5.92. The van der Waals surface area contributed by atoms with Gasteiger partial charge in [-0.2, -0.15) is 0 Å². The minimum Gasteiger partial charge on any atom is -0.379 e. The van der Waals surface area contributed by atoms with Crippen molar-refractivity contribution in [3.05, 3.63) is 35.4 Å². The second-order valence-corrected chi connectivity index (χ2v) is 4.49. The molecule has 1 atom stereocenters. The van der Waals surface area contributed by atoms with Crippen LogP contribution >= 0.6 is 0 Å². The first kappa shape index (κ1) is 12.6. The van der Waals surface area contributed by atoms with E-state index in [2.05, 4.69) is 36.1 Å². The molecule has 0 amide bonds. The molecular weight excluding hydrogens is 212 g/mol. The highest BCUT2D eigenvalue weighted by Crippen LogP contribution is 2.21. The first-order valence-electron chi connectivity index (χ1n) is 6.46. The van der Waals surface area contributed by atoms with Gasteiger partial charge in [0.15, 0.2) is 0 Å². The molecule has 1 aromatic carbocycles. The van der Waals surface area contributed by atoms with Gasteiger partial charge in [0, 0.05) is 25.7 Å². The van der Waals surface area contributed by atoms with Crippen molar-refractivity contribution in [3.63, 3.8) is 0 Å². The molecule has 3 nitrogen and oxygen atoms in total. The lowest BCUT2D eigenvalue weighted by molar-refractivity contribution is 0.0179.